The van der Waals surface area contributed by atoms with Crippen molar-refractivity contribution in [2.24, 2.45) is 0 Å². The summed E-state index contributed by atoms with van der Waals surface area (Å²) in [4.78, 5) is 0. The number of ether oxygens (including phenoxy) is 1. The van der Waals surface area contributed by atoms with E-state index >= 15 is 0 Å². The van der Waals surface area contributed by atoms with Crippen LogP contribution in [0.4, 0.5) is 0 Å². The molecule has 0 bridgehead atoms. The lowest BCUT2D eigenvalue weighted by Crippen LogP contribution is -2.22. The molecule has 0 unspecified atom stereocenters. The van der Waals surface area contributed by atoms with Crippen molar-refractivity contribution in [2.75, 3.05) is 18.6 Å². The van der Waals surface area contributed by atoms with Gasteiger partial charge in [-0.25, -0.2) is 8.42 Å². The Morgan fingerprint density at radius 1 is 1.20 bits per heavy atom. The molecule has 1 aromatic rings. The van der Waals surface area contributed by atoms with E-state index in [1.165, 1.54) is 11.8 Å². The van der Waals surface area contributed by atoms with Gasteiger partial charge in [-0.2, -0.15) is 0 Å². The quantitative estimate of drug-likeness (QED) is 0.839. The van der Waals surface area contributed by atoms with Gasteiger partial charge < -0.3 is 10.1 Å². The van der Waals surface area contributed by atoms with E-state index in [2.05, 4.69) is 31.3 Å². The van der Waals surface area contributed by atoms with Crippen LogP contribution in [-0.2, 0) is 16.4 Å². The minimum atomic E-state index is -2.98. The van der Waals surface area contributed by atoms with E-state index in [0.717, 1.165) is 23.4 Å². The smallest absolute Gasteiger partial charge is 0.150 e. The molecule has 114 valence electrons. The summed E-state index contributed by atoms with van der Waals surface area (Å²) < 4.78 is 27.8. The van der Waals surface area contributed by atoms with Gasteiger partial charge in [-0.1, -0.05) is 26.0 Å². The third-order valence-corrected chi connectivity index (χ3v) is 3.84. The standard InChI is InChI=1S/C15H25NO3S/c1-11(2)16-10-14-8-12(3)15(13(4)9-14)19-6-7-20(5,17)18/h8-9,11,16H,6-7,10H2,1-5H3. The maximum absolute atomic E-state index is 11.1. The molecule has 0 heterocycles. The van der Waals surface area contributed by atoms with Crippen LogP contribution in [0.15, 0.2) is 12.1 Å². The molecule has 0 fully saturated rings. The van der Waals surface area contributed by atoms with E-state index in [1.807, 2.05) is 13.8 Å². The average molecular weight is 299 g/mol. The van der Waals surface area contributed by atoms with Crippen LogP contribution in [0.25, 0.3) is 0 Å². The van der Waals surface area contributed by atoms with Crippen molar-refractivity contribution < 1.29 is 13.2 Å². The van der Waals surface area contributed by atoms with Gasteiger partial charge in [0.05, 0.1) is 5.75 Å². The van der Waals surface area contributed by atoms with Gasteiger partial charge in [0.1, 0.15) is 12.4 Å². The molecule has 0 aromatic heterocycles. The van der Waals surface area contributed by atoms with E-state index in [9.17, 15) is 8.42 Å². The van der Waals surface area contributed by atoms with Crippen LogP contribution >= 0.6 is 0 Å². The first-order valence-corrected chi connectivity index (χ1v) is 8.89. The zero-order valence-electron chi connectivity index (χ0n) is 13.0. The Bertz CT molecular complexity index is 527. The van der Waals surface area contributed by atoms with Crippen LogP contribution < -0.4 is 10.1 Å². The molecular weight excluding hydrogens is 274 g/mol. The largest absolute Gasteiger partial charge is 0.492 e. The Labute approximate surface area is 122 Å². The van der Waals surface area contributed by atoms with Gasteiger partial charge in [-0.05, 0) is 30.5 Å². The second kappa shape index (κ2) is 7.09. The van der Waals surface area contributed by atoms with Crippen molar-refractivity contribution in [1.29, 1.82) is 0 Å². The van der Waals surface area contributed by atoms with E-state index in [0.29, 0.717) is 6.04 Å². The zero-order valence-corrected chi connectivity index (χ0v) is 13.8. The molecule has 1 rings (SSSR count). The Hall–Kier alpha value is -1.07. The minimum Gasteiger partial charge on any atom is -0.492 e. The first kappa shape index (κ1) is 17.0. The molecule has 20 heavy (non-hydrogen) atoms. The molecule has 0 saturated carbocycles. The van der Waals surface area contributed by atoms with Crippen LogP contribution in [0.3, 0.4) is 0 Å². The molecule has 0 aliphatic carbocycles. The minimum absolute atomic E-state index is 0.0442. The molecular formula is C15H25NO3S. The third kappa shape index (κ3) is 5.92. The van der Waals surface area contributed by atoms with Crippen molar-refractivity contribution in [1.82, 2.24) is 5.32 Å². The number of hydrogen-bond acceptors (Lipinski definition) is 4. The van der Waals surface area contributed by atoms with Gasteiger partial charge >= 0.3 is 0 Å². The lowest BCUT2D eigenvalue weighted by molar-refractivity contribution is 0.336. The van der Waals surface area contributed by atoms with Gasteiger partial charge in [-0.3, -0.25) is 0 Å². The van der Waals surface area contributed by atoms with Gasteiger partial charge in [0.15, 0.2) is 9.84 Å². The van der Waals surface area contributed by atoms with Crippen molar-refractivity contribution in [3.8, 4) is 5.75 Å². The Morgan fingerprint density at radius 3 is 2.20 bits per heavy atom. The summed E-state index contributed by atoms with van der Waals surface area (Å²) in [7, 11) is -2.98. The van der Waals surface area contributed by atoms with Crippen LogP contribution in [0.1, 0.15) is 30.5 Å². The van der Waals surface area contributed by atoms with Gasteiger partial charge in [-0.15, -0.1) is 0 Å². The Balaban J connectivity index is 2.73. The maximum atomic E-state index is 11.1. The Morgan fingerprint density at radius 2 is 1.75 bits per heavy atom. The SMILES string of the molecule is Cc1cc(CNC(C)C)cc(C)c1OCCS(C)(=O)=O. The van der Waals surface area contributed by atoms with Crippen molar-refractivity contribution >= 4 is 9.84 Å². The summed E-state index contributed by atoms with van der Waals surface area (Å²) in [6, 6.07) is 4.61. The first-order valence-electron chi connectivity index (χ1n) is 6.83. The van der Waals surface area contributed by atoms with Crippen LogP contribution in [0.5, 0.6) is 5.75 Å². The lowest BCUT2D eigenvalue weighted by atomic mass is 10.1. The van der Waals surface area contributed by atoms with E-state index in [-0.39, 0.29) is 12.4 Å². The normalized spacial score (nSPS) is 11.9. The summed E-state index contributed by atoms with van der Waals surface area (Å²) >= 11 is 0. The highest BCUT2D eigenvalue weighted by Crippen LogP contribution is 2.24. The average Bonchev–Trinajstić information content (AvgIpc) is 2.28. The molecule has 0 aliphatic rings. The molecule has 0 atom stereocenters. The topological polar surface area (TPSA) is 55.4 Å². The molecule has 5 heteroatoms. The number of nitrogens with one attached hydrogen (secondary N) is 1. The predicted octanol–water partition coefficient (Wildman–Crippen LogP) is 2.22. The molecule has 1 aromatic carbocycles. The molecule has 0 aliphatic heterocycles. The second-order valence-corrected chi connectivity index (χ2v) is 7.83. The van der Waals surface area contributed by atoms with Crippen LogP contribution in [0.2, 0.25) is 0 Å². The molecule has 0 radical (unpaired) electrons. The fraction of sp³-hybridized carbons (Fsp3) is 0.600. The van der Waals surface area contributed by atoms with Crippen molar-refractivity contribution in [3.63, 3.8) is 0 Å². The van der Waals surface area contributed by atoms with Gasteiger partial charge in [0, 0.05) is 18.8 Å². The lowest BCUT2D eigenvalue weighted by Gasteiger charge is -2.15. The highest BCUT2D eigenvalue weighted by molar-refractivity contribution is 7.90. The highest BCUT2D eigenvalue weighted by atomic mass is 32.2. The summed E-state index contributed by atoms with van der Waals surface area (Å²) in [6.07, 6.45) is 1.22. The summed E-state index contributed by atoms with van der Waals surface area (Å²) in [5.41, 5.74) is 3.29. The number of sulfone groups is 1. The molecule has 0 spiro atoms. The number of hydrogen-bond donors (Lipinski definition) is 1. The fourth-order valence-electron chi connectivity index (χ4n) is 1.99. The van der Waals surface area contributed by atoms with E-state index < -0.39 is 9.84 Å². The number of aryl methyl sites for hydroxylation is 2. The zero-order chi connectivity index (χ0) is 15.3. The van der Waals surface area contributed by atoms with Crippen LogP contribution in [0, 0.1) is 13.8 Å². The van der Waals surface area contributed by atoms with Crippen molar-refractivity contribution in [3.05, 3.63) is 28.8 Å². The fourth-order valence-corrected chi connectivity index (χ4v) is 2.37. The number of benzene rings is 1. The van der Waals surface area contributed by atoms with E-state index in [1.54, 1.807) is 0 Å². The van der Waals surface area contributed by atoms with E-state index in [4.69, 9.17) is 4.74 Å². The molecule has 4 nitrogen and oxygen atoms in total. The second-order valence-electron chi connectivity index (χ2n) is 5.57. The highest BCUT2D eigenvalue weighted by Gasteiger charge is 2.09. The molecule has 1 N–H and O–H groups in total. The summed E-state index contributed by atoms with van der Waals surface area (Å²) in [5, 5.41) is 3.38. The first-order chi connectivity index (χ1) is 9.19. The maximum Gasteiger partial charge on any atom is 0.150 e. The Kier molecular flexibility index (Phi) is 6.02. The summed E-state index contributed by atoms with van der Waals surface area (Å²) in [6.45, 7) is 9.22. The number of rotatable bonds is 7. The summed E-state index contributed by atoms with van der Waals surface area (Å²) in [5.74, 6) is 0.838. The predicted molar refractivity (Wildman–Crippen MR) is 83.1 cm³/mol. The molecule has 0 saturated heterocycles. The monoisotopic (exact) mass is 299 g/mol. The molecule has 0 amide bonds. The van der Waals surface area contributed by atoms with Gasteiger partial charge in [0.2, 0.25) is 0 Å². The van der Waals surface area contributed by atoms with Gasteiger partial charge in [0.25, 0.3) is 0 Å². The third-order valence-electron chi connectivity index (χ3n) is 2.94. The van der Waals surface area contributed by atoms with Crippen LogP contribution in [-0.4, -0.2) is 33.1 Å². The van der Waals surface area contributed by atoms with Crippen molar-refractivity contribution in [2.45, 2.75) is 40.3 Å².